The third kappa shape index (κ3) is 3.45. The van der Waals surface area contributed by atoms with Crippen molar-refractivity contribution < 1.29 is 4.42 Å². The van der Waals surface area contributed by atoms with Crippen LogP contribution in [0, 0.1) is 5.92 Å². The molecule has 9 heteroatoms. The smallest absolute Gasteiger partial charge is 0.294 e. The number of nitrogens with one attached hydrogen (secondary N) is 2. The van der Waals surface area contributed by atoms with Crippen molar-refractivity contribution in [1.29, 1.82) is 0 Å². The normalized spacial score (nSPS) is 11.7. The molecule has 0 bridgehead atoms. The van der Waals surface area contributed by atoms with Gasteiger partial charge < -0.3 is 14.7 Å². The highest BCUT2D eigenvalue weighted by atomic mass is 32.2. The Morgan fingerprint density at radius 2 is 2.15 bits per heavy atom. The zero-order chi connectivity index (χ0) is 18.1. The quantitative estimate of drug-likeness (QED) is 0.485. The third-order valence-corrected chi connectivity index (χ3v) is 5.71. The molecule has 7 nitrogen and oxygen atoms in total. The van der Waals surface area contributed by atoms with Gasteiger partial charge in [-0.3, -0.25) is 4.79 Å². The first kappa shape index (κ1) is 17.0. The number of aromatic amines is 1. The van der Waals surface area contributed by atoms with Gasteiger partial charge in [0.1, 0.15) is 16.9 Å². The summed E-state index contributed by atoms with van der Waals surface area (Å²) >= 11 is 2.99. The number of fused-ring (bicyclic) bond motifs is 3. The number of hydrogen-bond acceptors (Lipinski definition) is 8. The molecular weight excluding hydrogens is 370 g/mol. The Hall–Kier alpha value is -2.39. The molecular formula is C17H17N5O2S2. The van der Waals surface area contributed by atoms with E-state index in [1.165, 1.54) is 23.1 Å². The average Bonchev–Trinajstić information content (AvgIpc) is 3.23. The molecule has 0 aliphatic carbocycles. The Morgan fingerprint density at radius 1 is 1.31 bits per heavy atom. The number of benzene rings is 1. The highest BCUT2D eigenvalue weighted by Crippen LogP contribution is 2.29. The van der Waals surface area contributed by atoms with Gasteiger partial charge in [0.05, 0.1) is 5.75 Å². The van der Waals surface area contributed by atoms with Crippen molar-refractivity contribution in [3.63, 3.8) is 0 Å². The minimum Gasteiger partial charge on any atom is -0.449 e. The fourth-order valence-electron chi connectivity index (χ4n) is 2.48. The van der Waals surface area contributed by atoms with Crippen molar-refractivity contribution in [2.75, 3.05) is 11.9 Å². The summed E-state index contributed by atoms with van der Waals surface area (Å²) in [7, 11) is 0. The van der Waals surface area contributed by atoms with Crippen LogP contribution in [0.5, 0.6) is 0 Å². The molecule has 1 aromatic carbocycles. The number of anilines is 1. The van der Waals surface area contributed by atoms with Crippen LogP contribution in [0.25, 0.3) is 22.1 Å². The van der Waals surface area contributed by atoms with Crippen molar-refractivity contribution in [3.05, 3.63) is 40.4 Å². The maximum atomic E-state index is 12.3. The number of thioether (sulfide) groups is 1. The molecule has 3 aromatic heterocycles. The van der Waals surface area contributed by atoms with Gasteiger partial charge in [-0.05, 0) is 18.1 Å². The van der Waals surface area contributed by atoms with Crippen LogP contribution in [0.3, 0.4) is 0 Å². The summed E-state index contributed by atoms with van der Waals surface area (Å²) in [5.74, 6) is 1.63. The number of nitrogens with zero attached hydrogens (tertiary/aromatic N) is 3. The van der Waals surface area contributed by atoms with E-state index in [1.807, 2.05) is 24.3 Å². The van der Waals surface area contributed by atoms with Crippen LogP contribution in [0.2, 0.25) is 0 Å². The van der Waals surface area contributed by atoms with Crippen LogP contribution in [0.1, 0.15) is 19.7 Å². The number of hydrogen-bond donors (Lipinski definition) is 2. The molecule has 3 heterocycles. The second kappa shape index (κ2) is 7.08. The van der Waals surface area contributed by atoms with Crippen molar-refractivity contribution in [2.24, 2.45) is 5.92 Å². The SMILES string of the molecule is CC(C)CNc1nnc(SCc2nc3c(oc4ccccc43)c(=O)[nH]2)s1. The highest BCUT2D eigenvalue weighted by molar-refractivity contribution is 8.00. The minimum atomic E-state index is -0.265. The fraction of sp³-hybridized carbons (Fsp3) is 0.294. The van der Waals surface area contributed by atoms with E-state index >= 15 is 0 Å². The fourth-order valence-corrected chi connectivity index (χ4v) is 4.11. The van der Waals surface area contributed by atoms with Gasteiger partial charge >= 0.3 is 0 Å². The van der Waals surface area contributed by atoms with Gasteiger partial charge in [-0.2, -0.15) is 0 Å². The Bertz CT molecular complexity index is 1120. The summed E-state index contributed by atoms with van der Waals surface area (Å²) < 4.78 is 6.44. The topological polar surface area (TPSA) is 96.7 Å². The average molecular weight is 387 g/mol. The van der Waals surface area contributed by atoms with Gasteiger partial charge in [0.2, 0.25) is 10.7 Å². The molecule has 134 valence electrons. The van der Waals surface area contributed by atoms with E-state index in [0.29, 0.717) is 28.6 Å². The standard InChI is InChI=1S/C17H17N5O2S2/c1-9(2)7-18-16-21-22-17(26-16)25-8-12-19-13-10-5-3-4-6-11(10)24-14(13)15(23)20-12/h3-6,9H,7-8H2,1-2H3,(H,18,21)(H,19,20,23). The lowest BCUT2D eigenvalue weighted by atomic mass is 10.2. The van der Waals surface area contributed by atoms with Crippen molar-refractivity contribution in [1.82, 2.24) is 20.2 Å². The predicted octanol–water partition coefficient (Wildman–Crippen LogP) is 3.88. The van der Waals surface area contributed by atoms with Crippen LogP contribution in [0.4, 0.5) is 5.13 Å². The van der Waals surface area contributed by atoms with Crippen LogP contribution in [-0.4, -0.2) is 26.7 Å². The molecule has 4 rings (SSSR count). The molecule has 0 atom stereocenters. The van der Waals surface area contributed by atoms with Crippen LogP contribution in [0.15, 0.2) is 37.8 Å². The lowest BCUT2D eigenvalue weighted by Gasteiger charge is -2.03. The molecule has 0 unspecified atom stereocenters. The second-order valence-electron chi connectivity index (χ2n) is 6.23. The molecule has 4 aromatic rings. The highest BCUT2D eigenvalue weighted by Gasteiger charge is 2.13. The van der Waals surface area contributed by atoms with Gasteiger partial charge in [0, 0.05) is 11.9 Å². The molecule has 0 saturated carbocycles. The lowest BCUT2D eigenvalue weighted by molar-refractivity contribution is 0.660. The molecule has 0 aliphatic heterocycles. The number of para-hydroxylation sites is 1. The summed E-state index contributed by atoms with van der Waals surface area (Å²) in [6, 6.07) is 7.51. The monoisotopic (exact) mass is 387 g/mol. The first-order valence-corrected chi connectivity index (χ1v) is 10.0. The number of aromatic nitrogens is 4. The molecule has 0 saturated heterocycles. The van der Waals surface area contributed by atoms with Crippen LogP contribution >= 0.6 is 23.1 Å². The maximum absolute atomic E-state index is 12.3. The Labute approximate surface area is 157 Å². The van der Waals surface area contributed by atoms with E-state index in [-0.39, 0.29) is 11.1 Å². The molecule has 26 heavy (non-hydrogen) atoms. The Kier molecular flexibility index (Phi) is 4.64. The van der Waals surface area contributed by atoms with E-state index < -0.39 is 0 Å². The van der Waals surface area contributed by atoms with Gasteiger partial charge in [0.15, 0.2) is 4.34 Å². The minimum absolute atomic E-state index is 0.260. The molecule has 0 aliphatic rings. The number of furan rings is 1. The predicted molar refractivity (Wildman–Crippen MR) is 105 cm³/mol. The second-order valence-corrected chi connectivity index (χ2v) is 8.43. The van der Waals surface area contributed by atoms with E-state index in [1.54, 1.807) is 0 Å². The molecule has 0 spiro atoms. The molecule has 0 amide bonds. The first-order chi connectivity index (χ1) is 12.6. The summed E-state index contributed by atoms with van der Waals surface area (Å²) in [5.41, 5.74) is 1.25. The van der Waals surface area contributed by atoms with Crippen LogP contribution in [-0.2, 0) is 5.75 Å². The summed E-state index contributed by atoms with van der Waals surface area (Å²) in [5, 5.41) is 13.2. The van der Waals surface area contributed by atoms with Crippen molar-refractivity contribution >= 4 is 50.3 Å². The molecule has 0 fully saturated rings. The lowest BCUT2D eigenvalue weighted by Crippen LogP contribution is -2.10. The zero-order valence-corrected chi connectivity index (χ0v) is 15.9. The summed E-state index contributed by atoms with van der Waals surface area (Å²) in [4.78, 5) is 19.7. The van der Waals surface area contributed by atoms with E-state index in [0.717, 1.165) is 21.4 Å². The largest absolute Gasteiger partial charge is 0.449 e. The first-order valence-electron chi connectivity index (χ1n) is 8.21. The molecule has 0 radical (unpaired) electrons. The Morgan fingerprint density at radius 3 is 3.00 bits per heavy atom. The Balaban J connectivity index is 1.54. The van der Waals surface area contributed by atoms with Crippen molar-refractivity contribution in [2.45, 2.75) is 23.9 Å². The number of rotatable bonds is 6. The van der Waals surface area contributed by atoms with E-state index in [4.69, 9.17) is 4.42 Å². The van der Waals surface area contributed by atoms with Gasteiger partial charge in [-0.25, -0.2) is 4.98 Å². The molecule has 2 N–H and O–H groups in total. The van der Waals surface area contributed by atoms with Crippen molar-refractivity contribution in [3.8, 4) is 0 Å². The number of H-pyrrole nitrogens is 1. The summed E-state index contributed by atoms with van der Waals surface area (Å²) in [6.07, 6.45) is 0. The maximum Gasteiger partial charge on any atom is 0.294 e. The zero-order valence-electron chi connectivity index (χ0n) is 14.3. The van der Waals surface area contributed by atoms with E-state index in [9.17, 15) is 4.79 Å². The van der Waals surface area contributed by atoms with Gasteiger partial charge in [-0.15, -0.1) is 10.2 Å². The van der Waals surface area contributed by atoms with Gasteiger partial charge in [-0.1, -0.05) is 49.1 Å². The van der Waals surface area contributed by atoms with Gasteiger partial charge in [0.25, 0.3) is 5.56 Å². The summed E-state index contributed by atoms with van der Waals surface area (Å²) in [6.45, 7) is 5.14. The third-order valence-electron chi connectivity index (χ3n) is 3.68. The van der Waals surface area contributed by atoms with E-state index in [2.05, 4.69) is 39.3 Å². The van der Waals surface area contributed by atoms with Crippen LogP contribution < -0.4 is 10.9 Å².